The summed E-state index contributed by atoms with van der Waals surface area (Å²) in [6.07, 6.45) is 3.63. The average Bonchev–Trinajstić information content (AvgIpc) is 2.81. The van der Waals surface area contributed by atoms with E-state index in [0.29, 0.717) is 5.78 Å². The summed E-state index contributed by atoms with van der Waals surface area (Å²) in [5.74, 6) is 1.14. The van der Waals surface area contributed by atoms with E-state index in [1.807, 2.05) is 20.8 Å². The molecule has 1 fully saturated rings. The van der Waals surface area contributed by atoms with Gasteiger partial charge in [-0.15, -0.1) is 0 Å². The second-order valence-corrected chi connectivity index (χ2v) is 7.24. The van der Waals surface area contributed by atoms with Gasteiger partial charge < -0.3 is 5.32 Å². The molecule has 1 rings (SSSR count). The van der Waals surface area contributed by atoms with Gasteiger partial charge in [-0.25, -0.2) is 0 Å². The second kappa shape index (κ2) is 4.48. The average molecular weight is 225 g/mol. The Labute approximate surface area is 100 Å². The molecule has 0 spiro atoms. The van der Waals surface area contributed by atoms with Gasteiger partial charge in [0.25, 0.3) is 0 Å². The first-order valence-corrected chi connectivity index (χ1v) is 6.41. The Balaban J connectivity index is 2.66. The fourth-order valence-corrected chi connectivity index (χ4v) is 1.96. The van der Waals surface area contributed by atoms with Crippen molar-refractivity contribution in [2.45, 2.75) is 72.4 Å². The third-order valence-electron chi connectivity index (χ3n) is 2.93. The highest BCUT2D eigenvalue weighted by Crippen LogP contribution is 2.35. The van der Waals surface area contributed by atoms with Gasteiger partial charge in [-0.3, -0.25) is 4.79 Å². The molecular weight excluding hydrogens is 198 g/mol. The van der Waals surface area contributed by atoms with Gasteiger partial charge >= 0.3 is 0 Å². The summed E-state index contributed by atoms with van der Waals surface area (Å²) in [5, 5.41) is 3.48. The number of nitrogens with one attached hydrogen (secondary N) is 1. The molecule has 0 amide bonds. The first-order valence-electron chi connectivity index (χ1n) is 6.41. The van der Waals surface area contributed by atoms with Gasteiger partial charge in [0.1, 0.15) is 0 Å². The maximum Gasteiger partial charge on any atom is 0.155 e. The number of hydrogen-bond acceptors (Lipinski definition) is 2. The molecule has 1 atom stereocenters. The largest absolute Gasteiger partial charge is 0.303 e. The number of carbonyl (C=O) groups is 1. The van der Waals surface area contributed by atoms with Crippen molar-refractivity contribution in [1.82, 2.24) is 5.32 Å². The Morgan fingerprint density at radius 3 is 2.00 bits per heavy atom. The lowest BCUT2D eigenvalue weighted by Crippen LogP contribution is -2.51. The fraction of sp³-hybridized carbons (Fsp3) is 0.929. The molecule has 1 N–H and O–H groups in total. The number of carbonyl (C=O) groups excluding carboxylic acids is 1. The third-order valence-corrected chi connectivity index (χ3v) is 2.93. The van der Waals surface area contributed by atoms with E-state index in [9.17, 15) is 4.79 Å². The lowest BCUT2D eigenvalue weighted by Gasteiger charge is -2.31. The molecule has 1 aliphatic rings. The summed E-state index contributed by atoms with van der Waals surface area (Å²) in [5.41, 5.74) is -0.224. The van der Waals surface area contributed by atoms with Crippen molar-refractivity contribution in [2.24, 2.45) is 11.3 Å². The van der Waals surface area contributed by atoms with Gasteiger partial charge in [0.15, 0.2) is 5.78 Å². The predicted molar refractivity (Wildman–Crippen MR) is 68.5 cm³/mol. The minimum Gasteiger partial charge on any atom is -0.303 e. The van der Waals surface area contributed by atoms with E-state index in [1.165, 1.54) is 12.8 Å². The molecule has 0 aliphatic heterocycles. The number of rotatable bonds is 4. The molecule has 1 saturated carbocycles. The van der Waals surface area contributed by atoms with Crippen LogP contribution in [-0.4, -0.2) is 17.4 Å². The first kappa shape index (κ1) is 13.7. The van der Waals surface area contributed by atoms with Crippen molar-refractivity contribution in [2.75, 3.05) is 0 Å². The number of hydrogen-bond donors (Lipinski definition) is 1. The topological polar surface area (TPSA) is 29.1 Å². The summed E-state index contributed by atoms with van der Waals surface area (Å²) in [6, 6.07) is 0.0347. The van der Waals surface area contributed by atoms with Crippen LogP contribution >= 0.6 is 0 Å². The normalized spacial score (nSPS) is 19.6. The van der Waals surface area contributed by atoms with Crippen molar-refractivity contribution >= 4 is 5.78 Å². The standard InChI is InChI=1S/C14H27NO/c1-13(2,3)12(16)11(9-10-7-8-10)15-14(4,5)6/h10-11,15H,7-9H2,1-6H3/t11-/m0/s1. The van der Waals surface area contributed by atoms with E-state index in [1.54, 1.807) is 0 Å². The Kier molecular flexibility index (Phi) is 3.83. The van der Waals surface area contributed by atoms with Crippen molar-refractivity contribution in [3.05, 3.63) is 0 Å². The molecule has 2 heteroatoms. The quantitative estimate of drug-likeness (QED) is 0.796. The summed E-state index contributed by atoms with van der Waals surface area (Å²) in [7, 11) is 0. The van der Waals surface area contributed by atoms with Crippen LogP contribution in [0.3, 0.4) is 0 Å². The SMILES string of the molecule is CC(C)(C)N[C@@H](CC1CC1)C(=O)C(C)(C)C. The van der Waals surface area contributed by atoms with Gasteiger partial charge in [-0.2, -0.15) is 0 Å². The van der Waals surface area contributed by atoms with E-state index in [4.69, 9.17) is 0 Å². The summed E-state index contributed by atoms with van der Waals surface area (Å²) >= 11 is 0. The Morgan fingerprint density at radius 1 is 1.19 bits per heavy atom. The zero-order chi connectivity index (χ0) is 12.6. The predicted octanol–water partition coefficient (Wildman–Crippen LogP) is 3.16. The second-order valence-electron chi connectivity index (χ2n) is 7.24. The highest BCUT2D eigenvalue weighted by atomic mass is 16.1. The molecule has 0 saturated heterocycles. The molecule has 0 bridgehead atoms. The van der Waals surface area contributed by atoms with Crippen LogP contribution < -0.4 is 5.32 Å². The van der Waals surface area contributed by atoms with E-state index >= 15 is 0 Å². The lowest BCUT2D eigenvalue weighted by atomic mass is 9.84. The van der Waals surface area contributed by atoms with Crippen LogP contribution in [0.4, 0.5) is 0 Å². The van der Waals surface area contributed by atoms with Crippen LogP contribution in [0.5, 0.6) is 0 Å². The van der Waals surface area contributed by atoms with Gasteiger partial charge in [-0.1, -0.05) is 33.6 Å². The van der Waals surface area contributed by atoms with Gasteiger partial charge in [-0.05, 0) is 33.1 Å². The Hall–Kier alpha value is -0.370. The van der Waals surface area contributed by atoms with E-state index in [2.05, 4.69) is 26.1 Å². The minimum atomic E-state index is -0.238. The molecule has 0 heterocycles. The van der Waals surface area contributed by atoms with Crippen LogP contribution in [0.25, 0.3) is 0 Å². The molecule has 94 valence electrons. The van der Waals surface area contributed by atoms with E-state index < -0.39 is 0 Å². The number of Topliss-reactive ketones (excluding diaryl/α,β-unsaturated/α-hetero) is 1. The van der Waals surface area contributed by atoms with Gasteiger partial charge in [0.05, 0.1) is 6.04 Å². The van der Waals surface area contributed by atoms with Crippen LogP contribution in [0.15, 0.2) is 0 Å². The highest BCUT2D eigenvalue weighted by Gasteiger charge is 2.35. The minimum absolute atomic E-state index is 0.0144. The Morgan fingerprint density at radius 2 is 1.69 bits per heavy atom. The lowest BCUT2D eigenvalue weighted by molar-refractivity contribution is -0.129. The van der Waals surface area contributed by atoms with E-state index in [-0.39, 0.29) is 17.0 Å². The van der Waals surface area contributed by atoms with Gasteiger partial charge in [0.2, 0.25) is 0 Å². The number of ketones is 1. The van der Waals surface area contributed by atoms with Crippen LogP contribution in [0.1, 0.15) is 60.8 Å². The molecule has 0 aromatic heterocycles. The molecule has 16 heavy (non-hydrogen) atoms. The van der Waals surface area contributed by atoms with Gasteiger partial charge in [0, 0.05) is 11.0 Å². The van der Waals surface area contributed by atoms with Crippen molar-refractivity contribution in [3.8, 4) is 0 Å². The molecular formula is C14H27NO. The van der Waals surface area contributed by atoms with Crippen molar-refractivity contribution in [1.29, 1.82) is 0 Å². The molecule has 1 aliphatic carbocycles. The zero-order valence-electron chi connectivity index (χ0n) is 11.7. The molecule has 0 radical (unpaired) electrons. The van der Waals surface area contributed by atoms with Crippen LogP contribution in [0.2, 0.25) is 0 Å². The summed E-state index contributed by atoms with van der Waals surface area (Å²) < 4.78 is 0. The summed E-state index contributed by atoms with van der Waals surface area (Å²) in [6.45, 7) is 12.4. The van der Waals surface area contributed by atoms with Crippen molar-refractivity contribution < 1.29 is 4.79 Å². The Bertz CT molecular complexity index is 253. The van der Waals surface area contributed by atoms with Crippen LogP contribution in [-0.2, 0) is 4.79 Å². The molecule has 0 unspecified atom stereocenters. The molecule has 2 nitrogen and oxygen atoms in total. The molecule has 0 aromatic carbocycles. The zero-order valence-corrected chi connectivity index (χ0v) is 11.7. The first-order chi connectivity index (χ1) is 7.09. The third kappa shape index (κ3) is 4.65. The smallest absolute Gasteiger partial charge is 0.155 e. The highest BCUT2D eigenvalue weighted by molar-refractivity contribution is 5.88. The van der Waals surface area contributed by atoms with Crippen LogP contribution in [0, 0.1) is 11.3 Å². The fourth-order valence-electron chi connectivity index (χ4n) is 1.96. The maximum atomic E-state index is 12.3. The summed E-state index contributed by atoms with van der Waals surface area (Å²) in [4.78, 5) is 12.3. The van der Waals surface area contributed by atoms with E-state index in [0.717, 1.165) is 12.3 Å². The molecule has 0 aromatic rings. The maximum absolute atomic E-state index is 12.3. The monoisotopic (exact) mass is 225 g/mol. The van der Waals surface area contributed by atoms with Crippen molar-refractivity contribution in [3.63, 3.8) is 0 Å².